The van der Waals surface area contributed by atoms with E-state index >= 15 is 0 Å². The number of nitrogens with zero attached hydrogens (tertiary/aromatic N) is 1. The van der Waals surface area contributed by atoms with Crippen LogP contribution >= 0.6 is 11.3 Å². The summed E-state index contributed by atoms with van der Waals surface area (Å²) in [4.78, 5) is 15.7. The van der Waals surface area contributed by atoms with Crippen LogP contribution in [0.1, 0.15) is 21.5 Å². The van der Waals surface area contributed by atoms with Gasteiger partial charge in [-0.05, 0) is 6.07 Å². The first-order chi connectivity index (χ1) is 7.65. The number of hydrogen-bond acceptors (Lipinski definition) is 5. The van der Waals surface area contributed by atoms with Crippen molar-refractivity contribution in [1.82, 2.24) is 4.98 Å². The van der Waals surface area contributed by atoms with Crippen LogP contribution in [0, 0.1) is 0 Å². The van der Waals surface area contributed by atoms with Crippen LogP contribution in [0.25, 0.3) is 10.1 Å². The molecule has 0 aliphatic rings. The fraction of sp³-hybridized carbons (Fsp3) is 0.200. The largest absolute Gasteiger partial charge is 0.365 e. The molecule has 84 valence electrons. The molecule has 0 saturated carbocycles. The molecule has 4 N–H and O–H groups in total. The number of amides is 1. The molecular weight excluding hydrogens is 226 g/mol. The van der Waals surface area contributed by atoms with Gasteiger partial charge in [0.1, 0.15) is 11.1 Å². The number of hydrogen-bond donors (Lipinski definition) is 2. The van der Waals surface area contributed by atoms with Gasteiger partial charge in [0.05, 0.1) is 4.70 Å². The van der Waals surface area contributed by atoms with Gasteiger partial charge >= 0.3 is 0 Å². The Bertz CT molecular complexity index is 538. The molecule has 6 heteroatoms. The zero-order chi connectivity index (χ0) is 11.7. The van der Waals surface area contributed by atoms with Gasteiger partial charge in [0.2, 0.25) is 0 Å². The first-order valence-electron chi connectivity index (χ1n) is 4.59. The molecule has 0 radical (unpaired) electrons. The highest BCUT2D eigenvalue weighted by Gasteiger charge is 2.21. The van der Waals surface area contributed by atoms with E-state index in [0.29, 0.717) is 10.4 Å². The lowest BCUT2D eigenvalue weighted by Crippen LogP contribution is -2.18. The maximum absolute atomic E-state index is 11.3. The average molecular weight is 237 g/mol. The van der Waals surface area contributed by atoms with Gasteiger partial charge in [0.15, 0.2) is 0 Å². The van der Waals surface area contributed by atoms with Crippen molar-refractivity contribution in [3.05, 3.63) is 28.9 Å². The smallest absolute Gasteiger partial charge is 0.259 e. The van der Waals surface area contributed by atoms with Crippen molar-refractivity contribution in [3.8, 4) is 0 Å². The molecule has 1 unspecified atom stereocenters. The lowest BCUT2D eigenvalue weighted by molar-refractivity contribution is 0.0971. The molecule has 2 aromatic rings. The summed E-state index contributed by atoms with van der Waals surface area (Å²) in [7, 11) is 1.49. The van der Waals surface area contributed by atoms with Crippen molar-refractivity contribution in [1.29, 1.82) is 0 Å². The second kappa shape index (κ2) is 4.17. The van der Waals surface area contributed by atoms with Crippen LogP contribution in [-0.2, 0) is 4.74 Å². The molecule has 5 nitrogen and oxygen atoms in total. The standard InChI is InChI=1S/C10H11N3O2S/c1-15-10(12)7-5-2-3-13-4-6(5)16-8(7)9(11)14/h2-4,10H,12H2,1H3,(H2,11,14). The third kappa shape index (κ3) is 1.67. The topological polar surface area (TPSA) is 91.2 Å². The van der Waals surface area contributed by atoms with E-state index < -0.39 is 12.1 Å². The fourth-order valence-electron chi connectivity index (χ4n) is 1.55. The van der Waals surface area contributed by atoms with Crippen molar-refractivity contribution in [2.45, 2.75) is 6.23 Å². The molecule has 0 saturated heterocycles. The van der Waals surface area contributed by atoms with Gasteiger partial charge in [0, 0.05) is 30.5 Å². The Morgan fingerprint density at radius 2 is 2.38 bits per heavy atom. The Balaban J connectivity index is 2.74. The highest BCUT2D eigenvalue weighted by Crippen LogP contribution is 2.33. The van der Waals surface area contributed by atoms with Gasteiger partial charge in [-0.15, -0.1) is 11.3 Å². The first-order valence-corrected chi connectivity index (χ1v) is 5.41. The zero-order valence-corrected chi connectivity index (χ0v) is 9.45. The number of aromatic nitrogens is 1. The van der Waals surface area contributed by atoms with Crippen LogP contribution < -0.4 is 11.5 Å². The molecule has 0 aliphatic carbocycles. The summed E-state index contributed by atoms with van der Waals surface area (Å²) in [6.45, 7) is 0. The Morgan fingerprint density at radius 3 is 3.00 bits per heavy atom. The molecule has 0 fully saturated rings. The minimum atomic E-state index is -0.654. The first kappa shape index (κ1) is 11.0. The Hall–Kier alpha value is -1.50. The molecule has 0 aliphatic heterocycles. The predicted molar refractivity (Wildman–Crippen MR) is 62.1 cm³/mol. The average Bonchev–Trinajstić information content (AvgIpc) is 2.67. The SMILES string of the molecule is COC(N)c1c(C(N)=O)sc2cnccc12. The van der Waals surface area contributed by atoms with Gasteiger partial charge in [-0.1, -0.05) is 0 Å². The summed E-state index contributed by atoms with van der Waals surface area (Å²) < 4.78 is 5.92. The number of carbonyl (C=O) groups excluding carboxylic acids is 1. The number of methoxy groups -OCH3 is 1. The Labute approximate surface area is 96.0 Å². The van der Waals surface area contributed by atoms with E-state index in [2.05, 4.69) is 4.98 Å². The Morgan fingerprint density at radius 1 is 1.62 bits per heavy atom. The zero-order valence-electron chi connectivity index (χ0n) is 8.64. The molecule has 2 aromatic heterocycles. The monoisotopic (exact) mass is 237 g/mol. The highest BCUT2D eigenvalue weighted by molar-refractivity contribution is 7.21. The number of primary amides is 1. The maximum Gasteiger partial charge on any atom is 0.259 e. The summed E-state index contributed by atoms with van der Waals surface area (Å²) >= 11 is 1.28. The van der Waals surface area contributed by atoms with Crippen molar-refractivity contribution >= 4 is 27.3 Å². The molecule has 16 heavy (non-hydrogen) atoms. The fourth-order valence-corrected chi connectivity index (χ4v) is 2.61. The predicted octanol–water partition coefficient (Wildman–Crippen LogP) is 0.999. The molecule has 0 spiro atoms. The Kier molecular flexibility index (Phi) is 2.86. The van der Waals surface area contributed by atoms with E-state index in [0.717, 1.165) is 10.1 Å². The minimum Gasteiger partial charge on any atom is -0.365 e. The van der Waals surface area contributed by atoms with Gasteiger partial charge in [0.25, 0.3) is 5.91 Å². The minimum absolute atomic E-state index is 0.428. The van der Waals surface area contributed by atoms with Gasteiger partial charge in [-0.25, -0.2) is 0 Å². The summed E-state index contributed by atoms with van der Waals surface area (Å²) in [5, 5.41) is 0.864. The van der Waals surface area contributed by atoms with E-state index in [1.807, 2.05) is 0 Å². The van der Waals surface area contributed by atoms with Crippen LogP contribution in [-0.4, -0.2) is 18.0 Å². The van der Waals surface area contributed by atoms with Gasteiger partial charge < -0.3 is 16.2 Å². The summed E-state index contributed by atoms with van der Waals surface area (Å²) in [6.07, 6.45) is 2.67. The number of pyridine rings is 1. The summed E-state index contributed by atoms with van der Waals surface area (Å²) in [5.74, 6) is -0.497. The van der Waals surface area contributed by atoms with Crippen molar-refractivity contribution in [2.75, 3.05) is 7.11 Å². The molecule has 2 heterocycles. The number of ether oxygens (including phenoxy) is 1. The maximum atomic E-state index is 11.3. The van der Waals surface area contributed by atoms with Crippen LogP contribution in [0.4, 0.5) is 0 Å². The summed E-state index contributed by atoms with van der Waals surface area (Å²) in [6, 6.07) is 1.80. The number of rotatable bonds is 3. The number of fused-ring (bicyclic) bond motifs is 1. The molecule has 1 amide bonds. The lowest BCUT2D eigenvalue weighted by atomic mass is 10.1. The van der Waals surface area contributed by atoms with Crippen molar-refractivity contribution in [3.63, 3.8) is 0 Å². The molecular formula is C10H11N3O2S. The van der Waals surface area contributed by atoms with Crippen molar-refractivity contribution in [2.24, 2.45) is 11.5 Å². The third-order valence-corrected chi connectivity index (χ3v) is 3.46. The van der Waals surface area contributed by atoms with E-state index in [4.69, 9.17) is 16.2 Å². The number of carbonyl (C=O) groups is 1. The molecule has 0 aromatic carbocycles. The highest BCUT2D eigenvalue weighted by atomic mass is 32.1. The van der Waals surface area contributed by atoms with Gasteiger partial charge in [-0.2, -0.15) is 0 Å². The van der Waals surface area contributed by atoms with Crippen LogP contribution in [0.2, 0.25) is 0 Å². The van der Waals surface area contributed by atoms with E-state index in [9.17, 15) is 4.79 Å². The quantitative estimate of drug-likeness (QED) is 0.779. The molecule has 1 atom stereocenters. The normalized spacial score (nSPS) is 12.9. The van der Waals surface area contributed by atoms with Crippen LogP contribution in [0.5, 0.6) is 0 Å². The van der Waals surface area contributed by atoms with E-state index in [-0.39, 0.29) is 0 Å². The van der Waals surface area contributed by atoms with Gasteiger partial charge in [-0.3, -0.25) is 9.78 Å². The molecule has 2 rings (SSSR count). The second-order valence-corrected chi connectivity index (χ2v) is 4.29. The van der Waals surface area contributed by atoms with Crippen molar-refractivity contribution < 1.29 is 9.53 Å². The molecule has 0 bridgehead atoms. The summed E-state index contributed by atoms with van der Waals surface area (Å²) in [5.41, 5.74) is 11.7. The number of thiophene rings is 1. The van der Waals surface area contributed by atoms with Crippen LogP contribution in [0.3, 0.4) is 0 Å². The van der Waals surface area contributed by atoms with Crippen LogP contribution in [0.15, 0.2) is 18.5 Å². The number of nitrogens with two attached hydrogens (primary N) is 2. The van der Waals surface area contributed by atoms with E-state index in [1.165, 1.54) is 18.4 Å². The second-order valence-electron chi connectivity index (χ2n) is 3.24. The third-order valence-electron chi connectivity index (χ3n) is 2.29. The lowest BCUT2D eigenvalue weighted by Gasteiger charge is -2.09. The van der Waals surface area contributed by atoms with E-state index in [1.54, 1.807) is 18.5 Å².